The molecule has 0 unspecified atom stereocenters. The van der Waals surface area contributed by atoms with Gasteiger partial charge in [0.2, 0.25) is 0 Å². The first-order valence-corrected chi connectivity index (χ1v) is 5.67. The second-order valence-electron chi connectivity index (χ2n) is 4.79. The predicted molar refractivity (Wildman–Crippen MR) is 62.1 cm³/mol. The zero-order valence-electron chi connectivity index (χ0n) is 9.76. The first-order chi connectivity index (χ1) is 7.08. The maximum Gasteiger partial charge on any atom is 0.140 e. The van der Waals surface area contributed by atoms with Crippen molar-refractivity contribution in [1.29, 1.82) is 0 Å². The third-order valence-electron chi connectivity index (χ3n) is 3.22. The van der Waals surface area contributed by atoms with Crippen LogP contribution in [0.1, 0.15) is 35.1 Å². The third kappa shape index (κ3) is 2.28. The molecule has 1 aromatic rings. The number of benzene rings is 1. The monoisotopic (exact) mass is 202 g/mol. The molecule has 0 amide bonds. The molecule has 2 rings (SSSR count). The summed E-state index contributed by atoms with van der Waals surface area (Å²) in [6, 6.07) is 4.34. The number of Topliss-reactive ketones (excluding diaryl/α,β-unsaturated/α-hetero) is 1. The van der Waals surface area contributed by atoms with Crippen LogP contribution >= 0.6 is 0 Å². The van der Waals surface area contributed by atoms with Gasteiger partial charge in [-0.1, -0.05) is 17.7 Å². The van der Waals surface area contributed by atoms with Crippen LogP contribution in [0.25, 0.3) is 0 Å². The molecule has 0 bridgehead atoms. The number of carbonyl (C=O) groups excluding carboxylic acids is 1. The van der Waals surface area contributed by atoms with Gasteiger partial charge in [0.25, 0.3) is 0 Å². The quantitative estimate of drug-likeness (QED) is 0.736. The van der Waals surface area contributed by atoms with Gasteiger partial charge in [-0.25, -0.2) is 0 Å². The minimum Gasteiger partial charge on any atom is -0.299 e. The molecule has 1 aliphatic carbocycles. The van der Waals surface area contributed by atoms with Crippen molar-refractivity contribution in [3.63, 3.8) is 0 Å². The summed E-state index contributed by atoms with van der Waals surface area (Å²) in [4.78, 5) is 11.8. The molecule has 1 aromatic carbocycles. The summed E-state index contributed by atoms with van der Waals surface area (Å²) in [5, 5.41) is 0. The van der Waals surface area contributed by atoms with E-state index in [1.165, 1.54) is 22.3 Å². The van der Waals surface area contributed by atoms with Crippen LogP contribution in [-0.4, -0.2) is 5.78 Å². The van der Waals surface area contributed by atoms with E-state index in [4.69, 9.17) is 0 Å². The highest BCUT2D eigenvalue weighted by Gasteiger charge is 2.29. The molecule has 1 aliphatic rings. The van der Waals surface area contributed by atoms with Crippen molar-refractivity contribution >= 4 is 5.78 Å². The normalized spacial score (nSPS) is 15.4. The van der Waals surface area contributed by atoms with Crippen LogP contribution in [0, 0.1) is 26.7 Å². The summed E-state index contributed by atoms with van der Waals surface area (Å²) in [5.74, 6) is 0.815. The van der Waals surface area contributed by atoms with E-state index in [2.05, 4.69) is 32.9 Å². The Hall–Kier alpha value is -1.11. The van der Waals surface area contributed by atoms with Crippen LogP contribution in [0.3, 0.4) is 0 Å². The topological polar surface area (TPSA) is 17.1 Å². The molecule has 0 heterocycles. The number of carbonyl (C=O) groups is 1. The van der Waals surface area contributed by atoms with E-state index in [0.29, 0.717) is 18.1 Å². The van der Waals surface area contributed by atoms with Crippen molar-refractivity contribution in [3.8, 4) is 0 Å². The summed E-state index contributed by atoms with van der Waals surface area (Å²) in [6.07, 6.45) is 2.87. The van der Waals surface area contributed by atoms with Crippen LogP contribution in [0.5, 0.6) is 0 Å². The van der Waals surface area contributed by atoms with Crippen molar-refractivity contribution in [2.24, 2.45) is 5.92 Å². The summed E-state index contributed by atoms with van der Waals surface area (Å²) in [5.41, 5.74) is 5.06. The highest BCUT2D eigenvalue weighted by Crippen LogP contribution is 2.31. The lowest BCUT2D eigenvalue weighted by atomic mass is 9.95. The highest BCUT2D eigenvalue weighted by atomic mass is 16.1. The molecule has 0 aliphatic heterocycles. The van der Waals surface area contributed by atoms with Crippen molar-refractivity contribution in [1.82, 2.24) is 0 Å². The fraction of sp³-hybridized carbons (Fsp3) is 0.500. The van der Waals surface area contributed by atoms with Gasteiger partial charge in [0, 0.05) is 12.3 Å². The van der Waals surface area contributed by atoms with Gasteiger partial charge >= 0.3 is 0 Å². The van der Waals surface area contributed by atoms with Crippen LogP contribution in [0.2, 0.25) is 0 Å². The lowest BCUT2D eigenvalue weighted by Gasteiger charge is -2.10. The van der Waals surface area contributed by atoms with E-state index < -0.39 is 0 Å². The molecule has 1 fully saturated rings. The zero-order chi connectivity index (χ0) is 11.0. The van der Waals surface area contributed by atoms with E-state index in [1.807, 2.05) is 0 Å². The number of hydrogen-bond acceptors (Lipinski definition) is 1. The molecule has 0 atom stereocenters. The Labute approximate surface area is 91.5 Å². The number of ketones is 1. The maximum absolute atomic E-state index is 11.8. The molecule has 0 saturated heterocycles. The fourth-order valence-electron chi connectivity index (χ4n) is 2.21. The molecule has 1 saturated carbocycles. The Kier molecular flexibility index (Phi) is 2.64. The lowest BCUT2D eigenvalue weighted by molar-refractivity contribution is -0.119. The van der Waals surface area contributed by atoms with E-state index in [-0.39, 0.29) is 0 Å². The van der Waals surface area contributed by atoms with Gasteiger partial charge in [-0.2, -0.15) is 0 Å². The van der Waals surface area contributed by atoms with Gasteiger partial charge in [-0.3, -0.25) is 4.79 Å². The number of hydrogen-bond donors (Lipinski definition) is 0. The molecule has 1 nitrogen and oxygen atoms in total. The van der Waals surface area contributed by atoms with Crippen molar-refractivity contribution < 1.29 is 4.79 Å². The van der Waals surface area contributed by atoms with Gasteiger partial charge in [0.1, 0.15) is 5.78 Å². The fourth-order valence-corrected chi connectivity index (χ4v) is 2.21. The molecule has 0 aromatic heterocycles. The molecular weight excluding hydrogens is 184 g/mol. The minimum atomic E-state index is 0.380. The van der Waals surface area contributed by atoms with E-state index in [0.717, 1.165) is 12.8 Å². The van der Waals surface area contributed by atoms with Gasteiger partial charge < -0.3 is 0 Å². The third-order valence-corrected chi connectivity index (χ3v) is 3.22. The predicted octanol–water partition coefficient (Wildman–Crippen LogP) is 3.13. The summed E-state index contributed by atoms with van der Waals surface area (Å²) in [7, 11) is 0. The Balaban J connectivity index is 2.23. The van der Waals surface area contributed by atoms with E-state index in [9.17, 15) is 4.79 Å². The molecule has 1 heteroatoms. The summed E-state index contributed by atoms with van der Waals surface area (Å²) >= 11 is 0. The molecule has 80 valence electrons. The zero-order valence-corrected chi connectivity index (χ0v) is 9.76. The van der Waals surface area contributed by atoms with Crippen LogP contribution < -0.4 is 0 Å². The van der Waals surface area contributed by atoms with Crippen molar-refractivity contribution in [2.75, 3.05) is 0 Å². The maximum atomic E-state index is 11.8. The second kappa shape index (κ2) is 3.80. The molecule has 0 spiro atoms. The lowest BCUT2D eigenvalue weighted by Crippen LogP contribution is -2.07. The Morgan fingerprint density at radius 2 is 1.73 bits per heavy atom. The first-order valence-electron chi connectivity index (χ1n) is 5.67. The SMILES string of the molecule is Cc1cc(C)c(CC(=O)C2CC2)c(C)c1. The Bertz CT molecular complexity index is 377. The summed E-state index contributed by atoms with van der Waals surface area (Å²) < 4.78 is 0. The van der Waals surface area contributed by atoms with Crippen LogP contribution in [0.15, 0.2) is 12.1 Å². The van der Waals surface area contributed by atoms with Crippen molar-refractivity contribution in [3.05, 3.63) is 34.4 Å². The smallest absolute Gasteiger partial charge is 0.140 e. The van der Waals surface area contributed by atoms with Crippen LogP contribution in [-0.2, 0) is 11.2 Å². The first kappa shape index (κ1) is 10.4. The molecular formula is C14H18O. The molecule has 15 heavy (non-hydrogen) atoms. The number of rotatable bonds is 3. The highest BCUT2D eigenvalue weighted by molar-refractivity contribution is 5.85. The largest absolute Gasteiger partial charge is 0.299 e. The van der Waals surface area contributed by atoms with Gasteiger partial charge in [-0.05, 0) is 50.3 Å². The molecule has 0 N–H and O–H groups in total. The van der Waals surface area contributed by atoms with Gasteiger partial charge in [0.05, 0.1) is 0 Å². The summed E-state index contributed by atoms with van der Waals surface area (Å²) in [6.45, 7) is 6.32. The van der Waals surface area contributed by atoms with Crippen LogP contribution in [0.4, 0.5) is 0 Å². The van der Waals surface area contributed by atoms with Gasteiger partial charge in [-0.15, -0.1) is 0 Å². The van der Waals surface area contributed by atoms with E-state index in [1.54, 1.807) is 0 Å². The average Bonchev–Trinajstić information content (AvgIpc) is 2.93. The number of aryl methyl sites for hydroxylation is 3. The van der Waals surface area contributed by atoms with Crippen molar-refractivity contribution in [2.45, 2.75) is 40.0 Å². The Morgan fingerprint density at radius 1 is 1.20 bits per heavy atom. The molecule has 0 radical (unpaired) electrons. The van der Waals surface area contributed by atoms with Gasteiger partial charge in [0.15, 0.2) is 0 Å². The Morgan fingerprint density at radius 3 is 2.20 bits per heavy atom. The minimum absolute atomic E-state index is 0.380. The standard InChI is InChI=1S/C14H18O/c1-9-6-10(2)13(11(3)7-9)8-14(15)12-4-5-12/h6-7,12H,4-5,8H2,1-3H3. The second-order valence-corrected chi connectivity index (χ2v) is 4.79. The average molecular weight is 202 g/mol. The van der Waals surface area contributed by atoms with E-state index >= 15 is 0 Å².